The number of aromatic nitrogens is 1. The highest BCUT2D eigenvalue weighted by atomic mass is 16.2. The number of fused-ring (bicyclic) bond motifs is 2. The highest BCUT2D eigenvalue weighted by Gasteiger charge is 2.61. The van der Waals surface area contributed by atoms with Crippen molar-refractivity contribution in [3.8, 4) is 0 Å². The minimum absolute atomic E-state index is 0.132. The number of rotatable bonds is 3. The summed E-state index contributed by atoms with van der Waals surface area (Å²) >= 11 is 0. The standard InChI is InChI=1S/C20H28N2O2/c1-12-9-16(23)15(11-22(12)14-5-6-14)18(24)21-17-10-13-7-8-20(17,4)19(13,2)3/h9,11,13-14,17H,5-8,10H2,1-4H3,(H,21,24)/t13-,17+,20-/m1/s1. The molecule has 0 unspecified atom stereocenters. The number of nitrogens with one attached hydrogen (secondary N) is 1. The number of carbonyl (C=O) groups is 1. The summed E-state index contributed by atoms with van der Waals surface area (Å²) in [5.41, 5.74) is 1.48. The second kappa shape index (κ2) is 4.96. The Morgan fingerprint density at radius 3 is 2.50 bits per heavy atom. The third-order valence-corrected chi connectivity index (χ3v) is 7.57. The molecule has 4 rings (SSSR count). The average molecular weight is 328 g/mol. The van der Waals surface area contributed by atoms with E-state index >= 15 is 0 Å². The van der Waals surface area contributed by atoms with Gasteiger partial charge in [-0.1, -0.05) is 20.8 Å². The molecule has 1 amide bonds. The molecule has 0 saturated heterocycles. The van der Waals surface area contributed by atoms with Crippen LogP contribution in [0.2, 0.25) is 0 Å². The van der Waals surface area contributed by atoms with Crippen LogP contribution >= 0.6 is 0 Å². The second-order valence-corrected chi connectivity index (χ2v) is 8.97. The third kappa shape index (κ3) is 2.11. The molecule has 0 aliphatic heterocycles. The highest BCUT2D eigenvalue weighted by molar-refractivity contribution is 5.94. The van der Waals surface area contributed by atoms with Crippen molar-refractivity contribution in [2.24, 2.45) is 16.7 Å². The van der Waals surface area contributed by atoms with Crippen LogP contribution in [-0.2, 0) is 0 Å². The number of amides is 1. The molecule has 1 aromatic heterocycles. The van der Waals surface area contributed by atoms with Crippen molar-refractivity contribution in [1.82, 2.24) is 9.88 Å². The number of hydrogen-bond donors (Lipinski definition) is 1. The van der Waals surface area contributed by atoms with Crippen LogP contribution in [0.4, 0.5) is 0 Å². The Bertz CT molecular complexity index is 759. The number of carbonyl (C=O) groups excluding carboxylic acids is 1. The first-order valence-electron chi connectivity index (χ1n) is 9.28. The van der Waals surface area contributed by atoms with Crippen molar-refractivity contribution < 1.29 is 4.79 Å². The minimum atomic E-state index is -0.191. The maximum Gasteiger partial charge on any atom is 0.256 e. The summed E-state index contributed by atoms with van der Waals surface area (Å²) in [6.07, 6.45) is 7.52. The predicted octanol–water partition coefficient (Wildman–Crippen LogP) is 3.44. The third-order valence-electron chi connectivity index (χ3n) is 7.57. The molecule has 3 atom stereocenters. The van der Waals surface area contributed by atoms with Crippen LogP contribution in [0, 0.1) is 23.7 Å². The average Bonchev–Trinajstić information content (AvgIpc) is 3.28. The Morgan fingerprint density at radius 2 is 1.96 bits per heavy atom. The molecule has 4 nitrogen and oxygen atoms in total. The molecule has 3 saturated carbocycles. The molecule has 130 valence electrons. The van der Waals surface area contributed by atoms with E-state index in [1.165, 1.54) is 6.42 Å². The zero-order chi connectivity index (χ0) is 17.3. The zero-order valence-corrected chi connectivity index (χ0v) is 15.2. The first-order valence-corrected chi connectivity index (χ1v) is 9.28. The van der Waals surface area contributed by atoms with Crippen LogP contribution in [0.3, 0.4) is 0 Å². The fourth-order valence-electron chi connectivity index (χ4n) is 5.22. The maximum atomic E-state index is 12.8. The molecule has 0 spiro atoms. The van der Waals surface area contributed by atoms with Gasteiger partial charge in [0.1, 0.15) is 5.56 Å². The van der Waals surface area contributed by atoms with E-state index in [-0.39, 0.29) is 28.2 Å². The molecule has 1 aromatic rings. The van der Waals surface area contributed by atoms with Gasteiger partial charge in [-0.3, -0.25) is 9.59 Å². The molecule has 2 bridgehead atoms. The lowest BCUT2D eigenvalue weighted by atomic mass is 9.69. The molecule has 1 heterocycles. The van der Waals surface area contributed by atoms with Gasteiger partial charge in [0, 0.05) is 30.0 Å². The Morgan fingerprint density at radius 1 is 1.25 bits per heavy atom. The van der Waals surface area contributed by atoms with Gasteiger partial charge in [0.2, 0.25) is 0 Å². The summed E-state index contributed by atoms with van der Waals surface area (Å²) in [4.78, 5) is 25.2. The van der Waals surface area contributed by atoms with E-state index in [1.807, 2.05) is 6.92 Å². The van der Waals surface area contributed by atoms with Gasteiger partial charge in [0.25, 0.3) is 5.91 Å². The van der Waals surface area contributed by atoms with Gasteiger partial charge in [-0.2, -0.15) is 0 Å². The number of aryl methyl sites for hydroxylation is 1. The lowest BCUT2D eigenvalue weighted by Gasteiger charge is -2.39. The molecule has 3 aliphatic rings. The summed E-state index contributed by atoms with van der Waals surface area (Å²) in [6.45, 7) is 8.93. The fourth-order valence-corrected chi connectivity index (χ4v) is 5.22. The molecule has 0 aromatic carbocycles. The zero-order valence-electron chi connectivity index (χ0n) is 15.2. The van der Waals surface area contributed by atoms with Gasteiger partial charge in [0.15, 0.2) is 5.43 Å². The van der Waals surface area contributed by atoms with E-state index in [0.29, 0.717) is 17.5 Å². The molecule has 1 N–H and O–H groups in total. The van der Waals surface area contributed by atoms with Gasteiger partial charge >= 0.3 is 0 Å². The first kappa shape index (κ1) is 15.9. The van der Waals surface area contributed by atoms with Crippen molar-refractivity contribution in [1.29, 1.82) is 0 Å². The van der Waals surface area contributed by atoms with Crippen molar-refractivity contribution in [2.75, 3.05) is 0 Å². The maximum absolute atomic E-state index is 12.8. The van der Waals surface area contributed by atoms with Gasteiger partial charge < -0.3 is 9.88 Å². The number of nitrogens with zero attached hydrogens (tertiary/aromatic N) is 1. The van der Waals surface area contributed by atoms with E-state index < -0.39 is 0 Å². The van der Waals surface area contributed by atoms with Gasteiger partial charge in [-0.05, 0) is 55.8 Å². The molecule has 3 fully saturated rings. The van der Waals surface area contributed by atoms with Gasteiger partial charge in [-0.15, -0.1) is 0 Å². The van der Waals surface area contributed by atoms with E-state index in [4.69, 9.17) is 0 Å². The fraction of sp³-hybridized carbons (Fsp3) is 0.700. The topological polar surface area (TPSA) is 51.1 Å². The minimum Gasteiger partial charge on any atom is -0.349 e. The Balaban J connectivity index is 1.60. The number of pyridine rings is 1. The monoisotopic (exact) mass is 328 g/mol. The van der Waals surface area contributed by atoms with Crippen LogP contribution < -0.4 is 10.7 Å². The van der Waals surface area contributed by atoms with Crippen LogP contribution in [0.5, 0.6) is 0 Å². The Hall–Kier alpha value is -1.58. The lowest BCUT2D eigenvalue weighted by Crippen LogP contribution is -2.47. The first-order chi connectivity index (χ1) is 11.2. The van der Waals surface area contributed by atoms with Crippen LogP contribution in [0.25, 0.3) is 0 Å². The van der Waals surface area contributed by atoms with Crippen LogP contribution in [-0.4, -0.2) is 16.5 Å². The summed E-state index contributed by atoms with van der Waals surface area (Å²) in [6, 6.07) is 2.25. The van der Waals surface area contributed by atoms with Crippen LogP contribution in [0.1, 0.15) is 75.0 Å². The molecule has 3 aliphatic carbocycles. The smallest absolute Gasteiger partial charge is 0.256 e. The van der Waals surface area contributed by atoms with Crippen molar-refractivity contribution in [2.45, 2.75) is 71.9 Å². The van der Waals surface area contributed by atoms with E-state index in [0.717, 1.165) is 31.4 Å². The summed E-state index contributed by atoms with van der Waals surface area (Å²) in [5.74, 6) is 0.484. The lowest BCUT2D eigenvalue weighted by molar-refractivity contribution is 0.0824. The predicted molar refractivity (Wildman–Crippen MR) is 94.2 cm³/mol. The second-order valence-electron chi connectivity index (χ2n) is 8.97. The molecular formula is C20H28N2O2. The Kier molecular flexibility index (Phi) is 3.29. The summed E-state index contributed by atoms with van der Waals surface area (Å²) in [5, 5.41) is 3.22. The normalized spacial score (nSPS) is 33.7. The van der Waals surface area contributed by atoms with Crippen LogP contribution in [0.15, 0.2) is 17.1 Å². The molecule has 4 heteroatoms. The van der Waals surface area contributed by atoms with E-state index in [1.54, 1.807) is 12.3 Å². The molecule has 24 heavy (non-hydrogen) atoms. The SMILES string of the molecule is Cc1cc(=O)c(C(=O)N[C@H]2C[C@H]3CC[C@@]2(C)C3(C)C)cn1C1CC1. The van der Waals surface area contributed by atoms with Crippen molar-refractivity contribution in [3.63, 3.8) is 0 Å². The molecule has 0 radical (unpaired) electrons. The largest absolute Gasteiger partial charge is 0.349 e. The Labute approximate surface area is 143 Å². The quantitative estimate of drug-likeness (QED) is 0.924. The van der Waals surface area contributed by atoms with Gasteiger partial charge in [-0.25, -0.2) is 0 Å². The summed E-state index contributed by atoms with van der Waals surface area (Å²) < 4.78 is 2.10. The number of hydrogen-bond acceptors (Lipinski definition) is 2. The van der Waals surface area contributed by atoms with Gasteiger partial charge in [0.05, 0.1) is 0 Å². The van der Waals surface area contributed by atoms with E-state index in [9.17, 15) is 9.59 Å². The highest BCUT2D eigenvalue weighted by Crippen LogP contribution is 2.65. The van der Waals surface area contributed by atoms with E-state index in [2.05, 4.69) is 30.7 Å². The van der Waals surface area contributed by atoms with Crippen molar-refractivity contribution in [3.05, 3.63) is 33.7 Å². The molecular weight excluding hydrogens is 300 g/mol. The summed E-state index contributed by atoms with van der Waals surface area (Å²) in [7, 11) is 0. The van der Waals surface area contributed by atoms with Crippen molar-refractivity contribution >= 4 is 5.91 Å².